The second-order valence-electron chi connectivity index (χ2n) is 7.34. The Kier molecular flexibility index (Phi) is 4.62. The lowest BCUT2D eigenvalue weighted by Gasteiger charge is -2.22. The molecule has 1 atom stereocenters. The maximum absolute atomic E-state index is 6.33. The van der Waals surface area contributed by atoms with Gasteiger partial charge >= 0.3 is 0 Å². The van der Waals surface area contributed by atoms with Gasteiger partial charge in [0.25, 0.3) is 5.88 Å². The van der Waals surface area contributed by atoms with Gasteiger partial charge in [0.15, 0.2) is 5.82 Å². The Morgan fingerprint density at radius 3 is 2.86 bits per heavy atom. The van der Waals surface area contributed by atoms with Crippen LogP contribution in [0, 0.1) is 0 Å². The predicted molar refractivity (Wildman–Crippen MR) is 108 cm³/mol. The summed E-state index contributed by atoms with van der Waals surface area (Å²) in [5.41, 5.74) is 3.79. The number of rotatable bonds is 5. The maximum atomic E-state index is 6.33. The van der Waals surface area contributed by atoms with Gasteiger partial charge in [-0.2, -0.15) is 0 Å². The van der Waals surface area contributed by atoms with E-state index in [2.05, 4.69) is 55.1 Å². The SMILES string of the molecule is c1cncc(CN2CCC(Oc3nccnc3N3CCc4ccccc43)C2)c1. The summed E-state index contributed by atoms with van der Waals surface area (Å²) in [6.07, 6.45) is 9.34. The normalized spacial score (nSPS) is 19.0. The summed E-state index contributed by atoms with van der Waals surface area (Å²) in [6, 6.07) is 12.6. The summed E-state index contributed by atoms with van der Waals surface area (Å²) in [5.74, 6) is 1.45. The van der Waals surface area contributed by atoms with E-state index in [4.69, 9.17) is 4.74 Å². The number of hydrogen-bond donors (Lipinski definition) is 0. The minimum Gasteiger partial charge on any atom is -0.470 e. The number of hydrogen-bond acceptors (Lipinski definition) is 6. The van der Waals surface area contributed by atoms with Crippen LogP contribution in [0.2, 0.25) is 0 Å². The quantitative estimate of drug-likeness (QED) is 0.684. The van der Waals surface area contributed by atoms with E-state index in [9.17, 15) is 0 Å². The van der Waals surface area contributed by atoms with Gasteiger partial charge in [-0.25, -0.2) is 9.97 Å². The Balaban J connectivity index is 1.30. The van der Waals surface area contributed by atoms with Crippen LogP contribution in [0.5, 0.6) is 5.88 Å². The van der Waals surface area contributed by atoms with Crippen LogP contribution in [0.15, 0.2) is 61.2 Å². The van der Waals surface area contributed by atoms with Gasteiger partial charge in [-0.3, -0.25) is 9.88 Å². The Labute approximate surface area is 164 Å². The highest BCUT2D eigenvalue weighted by Crippen LogP contribution is 2.37. The molecule has 5 rings (SSSR count). The van der Waals surface area contributed by atoms with E-state index in [-0.39, 0.29) is 6.10 Å². The van der Waals surface area contributed by atoms with Crippen molar-refractivity contribution in [1.82, 2.24) is 19.9 Å². The minimum atomic E-state index is 0.130. The Hall–Kier alpha value is -2.99. The average molecular weight is 373 g/mol. The predicted octanol–water partition coefficient (Wildman–Crippen LogP) is 3.22. The molecule has 0 radical (unpaired) electrons. The molecule has 1 aromatic carbocycles. The van der Waals surface area contributed by atoms with Crippen molar-refractivity contribution in [3.05, 3.63) is 72.3 Å². The molecular weight excluding hydrogens is 350 g/mol. The van der Waals surface area contributed by atoms with Gasteiger partial charge in [0.2, 0.25) is 0 Å². The lowest BCUT2D eigenvalue weighted by Crippen LogP contribution is -2.26. The number of likely N-dealkylation sites (tertiary alicyclic amines) is 1. The first-order chi connectivity index (χ1) is 13.9. The van der Waals surface area contributed by atoms with E-state index in [1.807, 2.05) is 18.5 Å². The molecule has 0 aliphatic carbocycles. The summed E-state index contributed by atoms with van der Waals surface area (Å²) in [5, 5.41) is 0. The van der Waals surface area contributed by atoms with Crippen molar-refractivity contribution >= 4 is 11.5 Å². The molecule has 0 spiro atoms. The number of fused-ring (bicyclic) bond motifs is 1. The van der Waals surface area contributed by atoms with E-state index >= 15 is 0 Å². The highest BCUT2D eigenvalue weighted by Gasteiger charge is 2.28. The Morgan fingerprint density at radius 2 is 1.93 bits per heavy atom. The van der Waals surface area contributed by atoms with Crippen molar-refractivity contribution in [2.75, 3.05) is 24.5 Å². The zero-order chi connectivity index (χ0) is 18.8. The monoisotopic (exact) mass is 373 g/mol. The van der Waals surface area contributed by atoms with Crippen LogP contribution in [0.3, 0.4) is 0 Å². The number of aromatic nitrogens is 3. The fourth-order valence-corrected chi connectivity index (χ4v) is 4.09. The zero-order valence-corrected chi connectivity index (χ0v) is 15.7. The first kappa shape index (κ1) is 17.1. The van der Waals surface area contributed by atoms with Crippen molar-refractivity contribution < 1.29 is 4.74 Å². The van der Waals surface area contributed by atoms with Crippen LogP contribution in [0.4, 0.5) is 11.5 Å². The van der Waals surface area contributed by atoms with Crippen molar-refractivity contribution in [1.29, 1.82) is 0 Å². The lowest BCUT2D eigenvalue weighted by molar-refractivity contribution is 0.191. The second-order valence-corrected chi connectivity index (χ2v) is 7.34. The van der Waals surface area contributed by atoms with Crippen LogP contribution >= 0.6 is 0 Å². The van der Waals surface area contributed by atoms with Gasteiger partial charge in [-0.15, -0.1) is 0 Å². The molecule has 0 saturated carbocycles. The van der Waals surface area contributed by atoms with Gasteiger partial charge in [-0.1, -0.05) is 24.3 Å². The smallest absolute Gasteiger partial charge is 0.258 e. The largest absolute Gasteiger partial charge is 0.470 e. The number of pyridine rings is 1. The van der Waals surface area contributed by atoms with Gasteiger partial charge in [0.1, 0.15) is 6.10 Å². The molecule has 1 saturated heterocycles. The molecule has 2 aliphatic heterocycles. The molecule has 1 unspecified atom stereocenters. The summed E-state index contributed by atoms with van der Waals surface area (Å²) >= 11 is 0. The minimum absolute atomic E-state index is 0.130. The van der Waals surface area contributed by atoms with Crippen molar-refractivity contribution in [3.8, 4) is 5.88 Å². The Bertz CT molecular complexity index is 948. The van der Waals surface area contributed by atoms with E-state index in [1.165, 1.54) is 16.8 Å². The standard InChI is InChI=1S/C22H23N5O/c1-2-6-20-18(5-1)7-13-27(20)21-22(25-11-10-24-21)28-19-8-12-26(16-19)15-17-4-3-9-23-14-17/h1-6,9-11,14,19H,7-8,12-13,15-16H2. The van der Waals surface area contributed by atoms with Gasteiger partial charge in [0.05, 0.1) is 0 Å². The van der Waals surface area contributed by atoms with E-state index in [0.29, 0.717) is 5.88 Å². The number of ether oxygens (including phenoxy) is 1. The topological polar surface area (TPSA) is 54.4 Å². The highest BCUT2D eigenvalue weighted by molar-refractivity contribution is 5.70. The fraction of sp³-hybridized carbons (Fsp3) is 0.318. The molecule has 0 amide bonds. The van der Waals surface area contributed by atoms with Crippen LogP contribution in [0.25, 0.3) is 0 Å². The molecule has 6 heteroatoms. The van der Waals surface area contributed by atoms with Crippen LogP contribution in [-0.4, -0.2) is 45.6 Å². The Morgan fingerprint density at radius 1 is 1.00 bits per heavy atom. The first-order valence-corrected chi connectivity index (χ1v) is 9.81. The third-order valence-corrected chi connectivity index (χ3v) is 5.43. The molecular formula is C22H23N5O. The zero-order valence-electron chi connectivity index (χ0n) is 15.7. The molecule has 4 heterocycles. The summed E-state index contributed by atoms with van der Waals surface area (Å²) in [6.45, 7) is 3.72. The van der Waals surface area contributed by atoms with Crippen molar-refractivity contribution in [2.24, 2.45) is 0 Å². The molecule has 28 heavy (non-hydrogen) atoms. The molecule has 3 aromatic rings. The lowest BCUT2D eigenvalue weighted by atomic mass is 10.2. The molecule has 0 bridgehead atoms. The van der Waals surface area contributed by atoms with Crippen LogP contribution < -0.4 is 9.64 Å². The molecule has 142 valence electrons. The summed E-state index contributed by atoms with van der Waals surface area (Å²) in [7, 11) is 0. The molecule has 0 N–H and O–H groups in total. The number of anilines is 2. The van der Waals surface area contributed by atoms with E-state index in [1.54, 1.807) is 12.4 Å². The maximum Gasteiger partial charge on any atom is 0.258 e. The molecule has 1 fully saturated rings. The first-order valence-electron chi connectivity index (χ1n) is 9.81. The average Bonchev–Trinajstić information content (AvgIpc) is 3.36. The second kappa shape index (κ2) is 7.56. The number of para-hydroxylation sites is 1. The van der Waals surface area contributed by atoms with E-state index < -0.39 is 0 Å². The van der Waals surface area contributed by atoms with Gasteiger partial charge in [0, 0.05) is 56.7 Å². The number of nitrogens with zero attached hydrogens (tertiary/aromatic N) is 5. The summed E-state index contributed by atoms with van der Waals surface area (Å²) < 4.78 is 6.33. The van der Waals surface area contributed by atoms with Crippen molar-refractivity contribution in [2.45, 2.75) is 25.5 Å². The van der Waals surface area contributed by atoms with Gasteiger partial charge in [-0.05, 0) is 36.1 Å². The van der Waals surface area contributed by atoms with E-state index in [0.717, 1.165) is 44.8 Å². The number of benzene rings is 1. The van der Waals surface area contributed by atoms with Crippen LogP contribution in [0.1, 0.15) is 17.5 Å². The molecule has 2 aliphatic rings. The molecule has 2 aromatic heterocycles. The summed E-state index contributed by atoms with van der Waals surface area (Å²) in [4.78, 5) is 18.0. The van der Waals surface area contributed by atoms with Gasteiger partial charge < -0.3 is 9.64 Å². The van der Waals surface area contributed by atoms with Crippen LogP contribution in [-0.2, 0) is 13.0 Å². The molecule has 6 nitrogen and oxygen atoms in total. The van der Waals surface area contributed by atoms with Crippen molar-refractivity contribution in [3.63, 3.8) is 0 Å². The third-order valence-electron chi connectivity index (χ3n) is 5.43. The fourth-order valence-electron chi connectivity index (χ4n) is 4.09. The highest BCUT2D eigenvalue weighted by atomic mass is 16.5. The third kappa shape index (κ3) is 3.43.